The van der Waals surface area contributed by atoms with Crippen LogP contribution in [0.25, 0.3) is 0 Å². The van der Waals surface area contributed by atoms with Crippen LogP contribution in [0.1, 0.15) is 82.8 Å². The van der Waals surface area contributed by atoms with Crippen molar-refractivity contribution < 1.29 is 19.7 Å². The van der Waals surface area contributed by atoms with Crippen LogP contribution >= 0.6 is 0 Å². The molecule has 1 spiro atoms. The van der Waals surface area contributed by atoms with E-state index in [9.17, 15) is 15.0 Å². The maximum Gasteiger partial charge on any atom is 0.174 e. The third kappa shape index (κ3) is 3.06. The van der Waals surface area contributed by atoms with E-state index >= 15 is 0 Å². The average Bonchev–Trinajstić information content (AvgIpc) is 3.50. The molecule has 2 saturated carbocycles. The lowest BCUT2D eigenvalue weighted by molar-refractivity contribution is -0.188. The topological polar surface area (TPSA) is 70.0 Å². The molecule has 31 heavy (non-hydrogen) atoms. The minimum absolute atomic E-state index is 0.0454. The summed E-state index contributed by atoms with van der Waals surface area (Å²) in [6.07, 6.45) is 9.86. The summed E-state index contributed by atoms with van der Waals surface area (Å²) >= 11 is 0. The number of nitrogens with zero attached hydrogens (tertiary/aromatic N) is 1. The Labute approximate surface area is 185 Å². The zero-order valence-electron chi connectivity index (χ0n) is 19.0. The minimum atomic E-state index is -0.940. The van der Waals surface area contributed by atoms with Gasteiger partial charge in [-0.1, -0.05) is 45.6 Å². The summed E-state index contributed by atoms with van der Waals surface area (Å²) in [7, 11) is 0. The van der Waals surface area contributed by atoms with E-state index in [1.165, 1.54) is 38.5 Å². The molecule has 5 nitrogen and oxygen atoms in total. The van der Waals surface area contributed by atoms with Crippen molar-refractivity contribution in [3.05, 3.63) is 23.3 Å². The number of unbranched alkanes of at least 4 members (excludes halogenated alkanes) is 3. The number of likely N-dealkylation sites (tertiary alicyclic amines) is 1. The predicted molar refractivity (Wildman–Crippen MR) is 120 cm³/mol. The molecule has 2 bridgehead atoms. The molecule has 2 aliphatic heterocycles. The molecule has 5 aliphatic rings. The third-order valence-electron chi connectivity index (χ3n) is 8.52. The van der Waals surface area contributed by atoms with E-state index in [0.29, 0.717) is 18.6 Å². The van der Waals surface area contributed by atoms with Crippen molar-refractivity contribution in [1.82, 2.24) is 4.90 Å². The van der Waals surface area contributed by atoms with Crippen LogP contribution in [0.3, 0.4) is 0 Å². The third-order valence-corrected chi connectivity index (χ3v) is 8.52. The van der Waals surface area contributed by atoms with Crippen molar-refractivity contribution >= 4 is 5.78 Å². The zero-order chi connectivity index (χ0) is 21.8. The molecule has 0 unspecified atom stereocenters. The van der Waals surface area contributed by atoms with Gasteiger partial charge in [0.15, 0.2) is 23.4 Å². The zero-order valence-corrected chi connectivity index (χ0v) is 19.0. The van der Waals surface area contributed by atoms with Crippen LogP contribution in [0.15, 0.2) is 12.1 Å². The molecule has 6 rings (SSSR count). The van der Waals surface area contributed by atoms with Gasteiger partial charge in [0.05, 0.1) is 11.0 Å². The number of aliphatic hydroxyl groups is 1. The van der Waals surface area contributed by atoms with Gasteiger partial charge in [0.1, 0.15) is 0 Å². The van der Waals surface area contributed by atoms with E-state index in [-0.39, 0.29) is 17.6 Å². The van der Waals surface area contributed by atoms with Gasteiger partial charge in [-0.3, -0.25) is 9.69 Å². The second kappa shape index (κ2) is 7.77. The molecule has 5 heteroatoms. The number of phenolic OH excluding ortho intramolecular Hbond substituents is 1. The smallest absolute Gasteiger partial charge is 0.174 e. The highest BCUT2D eigenvalue weighted by Gasteiger charge is 2.73. The number of aromatic hydroxyl groups is 1. The van der Waals surface area contributed by atoms with Gasteiger partial charge in [-0.15, -0.1) is 0 Å². The Hall–Kier alpha value is -1.59. The summed E-state index contributed by atoms with van der Waals surface area (Å²) in [6, 6.07) is 3.69. The lowest BCUT2D eigenvalue weighted by atomic mass is 9.49. The summed E-state index contributed by atoms with van der Waals surface area (Å²) in [6.45, 7) is 6.42. The molecule has 170 valence electrons. The van der Waals surface area contributed by atoms with Crippen molar-refractivity contribution in [2.24, 2.45) is 5.92 Å². The summed E-state index contributed by atoms with van der Waals surface area (Å²) in [5.74, 6) is 1.39. The molecule has 2 N–H and O–H groups in total. The SMILES string of the molecule is CCCCCC.O=C1CC[C@@]2(O)[C@H]3Cc4ccc(O)c5c4[C@@]2(CCN3CC2CC2)[C@H]1O5. The number of rotatable bonds is 5. The maximum atomic E-state index is 12.7. The number of benzene rings is 1. The highest BCUT2D eigenvalue weighted by molar-refractivity contribution is 5.90. The van der Waals surface area contributed by atoms with E-state index in [1.54, 1.807) is 6.07 Å². The van der Waals surface area contributed by atoms with Gasteiger partial charge in [-0.25, -0.2) is 0 Å². The summed E-state index contributed by atoms with van der Waals surface area (Å²) in [5.41, 5.74) is 0.454. The highest BCUT2D eigenvalue weighted by Crippen LogP contribution is 2.64. The lowest BCUT2D eigenvalue weighted by Gasteiger charge is -2.62. The highest BCUT2D eigenvalue weighted by atomic mass is 16.5. The second-order valence-corrected chi connectivity index (χ2v) is 10.4. The first kappa shape index (κ1) is 21.3. The van der Waals surface area contributed by atoms with Crippen LogP contribution in [0.5, 0.6) is 11.5 Å². The average molecular weight is 428 g/mol. The monoisotopic (exact) mass is 427 g/mol. The number of carbonyl (C=O) groups is 1. The number of ether oxygens (including phenoxy) is 1. The Kier molecular flexibility index (Phi) is 5.33. The van der Waals surface area contributed by atoms with Crippen LogP contribution in [0, 0.1) is 5.92 Å². The first-order chi connectivity index (χ1) is 15.0. The van der Waals surface area contributed by atoms with Gasteiger partial charge < -0.3 is 14.9 Å². The Balaban J connectivity index is 0.000000303. The van der Waals surface area contributed by atoms with Gasteiger partial charge in [0.2, 0.25) is 0 Å². The number of piperidine rings is 1. The van der Waals surface area contributed by atoms with Crippen LogP contribution in [-0.2, 0) is 16.6 Å². The summed E-state index contributed by atoms with van der Waals surface area (Å²) in [5, 5.41) is 22.3. The van der Waals surface area contributed by atoms with Gasteiger partial charge in [-0.05, 0) is 56.2 Å². The van der Waals surface area contributed by atoms with Gasteiger partial charge in [0.25, 0.3) is 0 Å². The maximum absolute atomic E-state index is 12.7. The number of carbonyl (C=O) groups excluding carboxylic acids is 1. The summed E-state index contributed by atoms with van der Waals surface area (Å²) in [4.78, 5) is 15.2. The predicted octanol–water partition coefficient (Wildman–Crippen LogP) is 4.11. The molecular formula is C26H37NO4. The van der Waals surface area contributed by atoms with Gasteiger partial charge >= 0.3 is 0 Å². The quantitative estimate of drug-likeness (QED) is 0.692. The molecule has 3 fully saturated rings. The van der Waals surface area contributed by atoms with E-state index in [4.69, 9.17) is 4.74 Å². The van der Waals surface area contributed by atoms with Crippen molar-refractivity contribution in [2.75, 3.05) is 13.1 Å². The molecule has 0 aromatic heterocycles. The van der Waals surface area contributed by atoms with Gasteiger partial charge in [0, 0.05) is 24.6 Å². The second-order valence-electron chi connectivity index (χ2n) is 10.4. The van der Waals surface area contributed by atoms with Crippen LogP contribution in [0.4, 0.5) is 0 Å². The molecule has 4 atom stereocenters. The number of hydrogen-bond donors (Lipinski definition) is 2. The van der Waals surface area contributed by atoms with E-state index in [0.717, 1.165) is 43.0 Å². The molecule has 0 amide bonds. The van der Waals surface area contributed by atoms with Crippen LogP contribution in [0.2, 0.25) is 0 Å². The number of Topliss-reactive ketones (excluding diaryl/α,β-unsaturated/α-hetero) is 1. The molecule has 1 aromatic carbocycles. The van der Waals surface area contributed by atoms with Crippen LogP contribution in [-0.4, -0.2) is 51.7 Å². The molecule has 0 radical (unpaired) electrons. The Morgan fingerprint density at radius 3 is 2.58 bits per heavy atom. The first-order valence-electron chi connectivity index (χ1n) is 12.5. The molecular weight excluding hydrogens is 390 g/mol. The first-order valence-corrected chi connectivity index (χ1v) is 12.5. The Bertz CT molecular complexity index is 861. The molecule has 1 aromatic rings. The normalized spacial score (nSPS) is 35.1. The number of hydrogen-bond acceptors (Lipinski definition) is 5. The summed E-state index contributed by atoms with van der Waals surface area (Å²) < 4.78 is 6.04. The fraction of sp³-hybridized carbons (Fsp3) is 0.731. The Morgan fingerprint density at radius 1 is 1.16 bits per heavy atom. The van der Waals surface area contributed by atoms with Gasteiger partial charge in [-0.2, -0.15) is 0 Å². The van der Waals surface area contributed by atoms with Crippen molar-refractivity contribution in [1.29, 1.82) is 0 Å². The minimum Gasteiger partial charge on any atom is -0.504 e. The lowest BCUT2D eigenvalue weighted by Crippen LogP contribution is -2.76. The van der Waals surface area contributed by atoms with E-state index in [1.807, 2.05) is 6.07 Å². The van der Waals surface area contributed by atoms with E-state index in [2.05, 4.69) is 18.7 Å². The largest absolute Gasteiger partial charge is 0.504 e. The molecule has 1 saturated heterocycles. The van der Waals surface area contributed by atoms with Crippen molar-refractivity contribution in [3.63, 3.8) is 0 Å². The molecule has 2 heterocycles. The van der Waals surface area contributed by atoms with Crippen molar-refractivity contribution in [3.8, 4) is 11.5 Å². The number of phenols is 1. The fourth-order valence-corrected chi connectivity index (χ4v) is 6.76. The fourth-order valence-electron chi connectivity index (χ4n) is 6.76. The number of ketones is 1. The van der Waals surface area contributed by atoms with Crippen molar-refractivity contribution in [2.45, 2.75) is 101 Å². The Morgan fingerprint density at radius 2 is 1.90 bits per heavy atom. The van der Waals surface area contributed by atoms with E-state index < -0.39 is 17.1 Å². The van der Waals surface area contributed by atoms with Crippen LogP contribution < -0.4 is 4.74 Å². The standard InChI is InChI=1S/C20H23NO4.C6H14/c22-13-4-3-12-9-15-20(24)6-5-14(23)18-19(20,16(12)17(13)25-18)7-8-21(15)10-11-1-2-11;1-3-5-6-4-2/h3-4,11,15,18,22,24H,1-2,5-10H2;3-6H2,1-2H3/t15-,18+,19+,20-;/m1./s1. The molecule has 3 aliphatic carbocycles.